The van der Waals surface area contributed by atoms with Crippen LogP contribution in [0.15, 0.2) is 79.0 Å². The second-order valence-corrected chi connectivity index (χ2v) is 8.63. The van der Waals surface area contributed by atoms with Crippen molar-refractivity contribution in [2.45, 2.75) is 12.7 Å². The molecule has 0 saturated carbocycles. The molecular weight excluding hydrogens is 491 g/mol. The molecule has 0 radical (unpaired) electrons. The fraction of sp³-hybridized carbons (Fsp3) is 0.115. The minimum atomic E-state index is -4.42. The standard InChI is InChI=1S/C26H19ClF3N5O/c1-34-21-5-3-2-4-20(21)24(36)35(15-16-6-10-18(27)11-7-16)22-14-31-25(33-23(22)34)32-19-12-8-17(9-13-19)26(28,29)30/h2-14H,15H2,1H3,(H,31,32,33). The van der Waals surface area contributed by atoms with Crippen LogP contribution < -0.4 is 15.1 Å². The molecule has 5 rings (SSSR count). The maximum Gasteiger partial charge on any atom is 0.416 e. The van der Waals surface area contributed by atoms with E-state index in [1.165, 1.54) is 18.3 Å². The Hall–Kier alpha value is -4.11. The number of nitrogens with one attached hydrogen (secondary N) is 1. The maximum absolute atomic E-state index is 13.6. The number of nitrogens with zero attached hydrogens (tertiary/aromatic N) is 4. The third-order valence-electron chi connectivity index (χ3n) is 5.82. The van der Waals surface area contributed by atoms with Crippen LogP contribution in [0, 0.1) is 0 Å². The van der Waals surface area contributed by atoms with Gasteiger partial charge in [-0.15, -0.1) is 0 Å². The topological polar surface area (TPSA) is 61.4 Å². The Morgan fingerprint density at radius 1 is 0.944 bits per heavy atom. The van der Waals surface area contributed by atoms with E-state index in [-0.39, 0.29) is 18.4 Å². The van der Waals surface area contributed by atoms with Gasteiger partial charge in [-0.05, 0) is 54.1 Å². The minimum Gasteiger partial charge on any atom is -0.327 e. The first-order valence-electron chi connectivity index (χ1n) is 10.9. The van der Waals surface area contributed by atoms with Crippen LogP contribution in [-0.4, -0.2) is 22.9 Å². The average molecular weight is 510 g/mol. The highest BCUT2D eigenvalue weighted by Gasteiger charge is 2.32. The molecule has 0 atom stereocenters. The summed E-state index contributed by atoms with van der Waals surface area (Å²) < 4.78 is 38.7. The van der Waals surface area contributed by atoms with Crippen LogP contribution >= 0.6 is 11.6 Å². The van der Waals surface area contributed by atoms with Crippen molar-refractivity contribution in [3.05, 3.63) is 101 Å². The van der Waals surface area contributed by atoms with Gasteiger partial charge in [0.1, 0.15) is 5.69 Å². The molecule has 1 aliphatic rings. The van der Waals surface area contributed by atoms with Gasteiger partial charge in [0.05, 0.1) is 29.6 Å². The van der Waals surface area contributed by atoms with Gasteiger partial charge in [0.25, 0.3) is 5.91 Å². The zero-order valence-corrected chi connectivity index (χ0v) is 19.7. The molecule has 1 N–H and O–H groups in total. The quantitative estimate of drug-likeness (QED) is 0.327. The summed E-state index contributed by atoms with van der Waals surface area (Å²) in [5.41, 5.74) is 2.18. The number of aromatic nitrogens is 2. The number of fused-ring (bicyclic) bond motifs is 2. The van der Waals surface area contributed by atoms with Crippen LogP contribution in [0.4, 0.5) is 42.0 Å². The van der Waals surface area contributed by atoms with E-state index < -0.39 is 11.7 Å². The molecule has 0 aliphatic carbocycles. The number of benzene rings is 3. The lowest BCUT2D eigenvalue weighted by atomic mass is 10.1. The third-order valence-corrected chi connectivity index (χ3v) is 6.07. The van der Waals surface area contributed by atoms with Gasteiger partial charge in [-0.1, -0.05) is 35.9 Å². The number of anilines is 5. The molecule has 36 heavy (non-hydrogen) atoms. The maximum atomic E-state index is 13.6. The molecule has 2 heterocycles. The van der Waals surface area contributed by atoms with Gasteiger partial charge in [-0.2, -0.15) is 18.2 Å². The highest BCUT2D eigenvalue weighted by atomic mass is 35.5. The number of carbonyl (C=O) groups excluding carboxylic acids is 1. The van der Waals surface area contributed by atoms with Crippen molar-refractivity contribution in [1.82, 2.24) is 9.97 Å². The normalized spacial score (nSPS) is 13.2. The summed E-state index contributed by atoms with van der Waals surface area (Å²) in [7, 11) is 1.80. The molecule has 10 heteroatoms. The molecule has 0 unspecified atom stereocenters. The van der Waals surface area contributed by atoms with E-state index in [1.54, 1.807) is 41.1 Å². The fourth-order valence-electron chi connectivity index (χ4n) is 3.98. The summed E-state index contributed by atoms with van der Waals surface area (Å²) in [6.07, 6.45) is -2.89. The second-order valence-electron chi connectivity index (χ2n) is 8.20. The van der Waals surface area contributed by atoms with E-state index in [0.717, 1.165) is 17.7 Å². The average Bonchev–Trinajstić information content (AvgIpc) is 2.95. The number of halogens is 4. The SMILES string of the molecule is CN1c2ccccc2C(=O)N(Cc2ccc(Cl)cc2)c2cnc(Nc3ccc(C(F)(F)F)cc3)nc21. The summed E-state index contributed by atoms with van der Waals surface area (Å²) in [4.78, 5) is 26.0. The monoisotopic (exact) mass is 509 g/mol. The smallest absolute Gasteiger partial charge is 0.327 e. The van der Waals surface area contributed by atoms with E-state index >= 15 is 0 Å². The zero-order chi connectivity index (χ0) is 25.4. The molecule has 0 fully saturated rings. The van der Waals surface area contributed by atoms with Crippen LogP contribution in [-0.2, 0) is 12.7 Å². The summed E-state index contributed by atoms with van der Waals surface area (Å²) in [6.45, 7) is 0.264. The molecule has 0 bridgehead atoms. The van der Waals surface area contributed by atoms with E-state index in [9.17, 15) is 18.0 Å². The Morgan fingerprint density at radius 3 is 2.33 bits per heavy atom. The number of rotatable bonds is 4. The molecule has 182 valence electrons. The summed E-state index contributed by atoms with van der Waals surface area (Å²) in [5.74, 6) is 0.434. The number of amides is 1. The van der Waals surface area contributed by atoms with Gasteiger partial charge < -0.3 is 10.2 Å². The van der Waals surface area contributed by atoms with Crippen molar-refractivity contribution in [3.8, 4) is 0 Å². The minimum absolute atomic E-state index is 0.179. The van der Waals surface area contributed by atoms with Gasteiger partial charge in [0.2, 0.25) is 5.95 Å². The number of alkyl halides is 3. The van der Waals surface area contributed by atoms with Gasteiger partial charge in [0.15, 0.2) is 5.82 Å². The zero-order valence-electron chi connectivity index (χ0n) is 18.9. The van der Waals surface area contributed by atoms with Gasteiger partial charge in [-0.25, -0.2) is 4.98 Å². The van der Waals surface area contributed by atoms with E-state index in [0.29, 0.717) is 33.5 Å². The third kappa shape index (κ3) is 4.57. The fourth-order valence-corrected chi connectivity index (χ4v) is 4.11. The molecule has 0 spiro atoms. The first-order chi connectivity index (χ1) is 17.2. The highest BCUT2D eigenvalue weighted by Crippen LogP contribution is 2.39. The Balaban J connectivity index is 1.54. The molecular formula is C26H19ClF3N5O. The van der Waals surface area contributed by atoms with Crippen LogP contribution in [0.2, 0.25) is 5.02 Å². The summed E-state index contributed by atoms with van der Waals surface area (Å²) in [6, 6.07) is 19.0. The van der Waals surface area contributed by atoms with E-state index in [2.05, 4.69) is 15.3 Å². The Labute approximate surface area is 210 Å². The number of hydrogen-bond acceptors (Lipinski definition) is 5. The van der Waals surface area contributed by atoms with Crippen molar-refractivity contribution in [3.63, 3.8) is 0 Å². The van der Waals surface area contributed by atoms with E-state index in [1.807, 2.05) is 24.3 Å². The lowest BCUT2D eigenvalue weighted by Gasteiger charge is -2.24. The van der Waals surface area contributed by atoms with Crippen LogP contribution in [0.3, 0.4) is 0 Å². The lowest BCUT2D eigenvalue weighted by molar-refractivity contribution is -0.137. The van der Waals surface area contributed by atoms with Crippen molar-refractivity contribution < 1.29 is 18.0 Å². The summed E-state index contributed by atoms with van der Waals surface area (Å²) >= 11 is 6.02. The highest BCUT2D eigenvalue weighted by molar-refractivity contribution is 6.30. The molecule has 0 saturated heterocycles. The van der Waals surface area contributed by atoms with Gasteiger partial charge in [-0.3, -0.25) is 9.69 Å². The van der Waals surface area contributed by atoms with Crippen molar-refractivity contribution in [2.75, 3.05) is 22.2 Å². The van der Waals surface area contributed by atoms with Gasteiger partial charge >= 0.3 is 6.18 Å². The number of hydrogen-bond donors (Lipinski definition) is 1. The Morgan fingerprint density at radius 2 is 1.64 bits per heavy atom. The van der Waals surface area contributed by atoms with Crippen molar-refractivity contribution >= 4 is 46.3 Å². The Kier molecular flexibility index (Phi) is 6.01. The van der Waals surface area contributed by atoms with Crippen molar-refractivity contribution in [2.24, 2.45) is 0 Å². The number of para-hydroxylation sites is 1. The molecule has 1 amide bonds. The molecule has 4 aromatic rings. The van der Waals surface area contributed by atoms with Crippen molar-refractivity contribution in [1.29, 1.82) is 0 Å². The van der Waals surface area contributed by atoms with Crippen LogP contribution in [0.25, 0.3) is 0 Å². The first-order valence-corrected chi connectivity index (χ1v) is 11.3. The molecule has 1 aliphatic heterocycles. The Bertz CT molecular complexity index is 1430. The molecule has 1 aromatic heterocycles. The first kappa shape index (κ1) is 23.6. The molecule has 6 nitrogen and oxygen atoms in total. The summed E-state index contributed by atoms with van der Waals surface area (Å²) in [5, 5.41) is 3.54. The van der Waals surface area contributed by atoms with Gasteiger partial charge in [0, 0.05) is 17.8 Å². The van der Waals surface area contributed by atoms with E-state index in [4.69, 9.17) is 11.6 Å². The van der Waals surface area contributed by atoms with Crippen LogP contribution in [0.1, 0.15) is 21.5 Å². The lowest BCUT2D eigenvalue weighted by Crippen LogP contribution is -2.30. The largest absolute Gasteiger partial charge is 0.416 e. The predicted octanol–water partition coefficient (Wildman–Crippen LogP) is 6.82. The predicted molar refractivity (Wildman–Crippen MR) is 133 cm³/mol. The second kappa shape index (κ2) is 9.16. The van der Waals surface area contributed by atoms with Crippen LogP contribution in [0.5, 0.6) is 0 Å². The molecule has 3 aromatic carbocycles. The number of carbonyl (C=O) groups is 1.